The van der Waals surface area contributed by atoms with Crippen molar-refractivity contribution in [3.05, 3.63) is 41.8 Å². The standard InChI is InChI=1S/C20H23FN6O2/c21-16-7-4-8-17(15(16)13-22)27-12-9-18(26-27)25-20(29)24-11-10-23-19(28)14-5-2-1-3-6-14/h4,7-9,12,14H,1-3,5-6,10-11H2,(H,23,28)(H2,24,25,26,29). The third kappa shape index (κ3) is 5.31. The molecule has 1 aromatic heterocycles. The summed E-state index contributed by atoms with van der Waals surface area (Å²) < 4.78 is 15.0. The van der Waals surface area contributed by atoms with Crippen LogP contribution in [0.25, 0.3) is 5.69 Å². The summed E-state index contributed by atoms with van der Waals surface area (Å²) in [7, 11) is 0. The Labute approximate surface area is 168 Å². The third-order valence-electron chi connectivity index (χ3n) is 4.87. The lowest BCUT2D eigenvalue weighted by Gasteiger charge is -2.20. The zero-order valence-electron chi connectivity index (χ0n) is 15.9. The number of nitrogens with one attached hydrogen (secondary N) is 3. The average molecular weight is 398 g/mol. The Morgan fingerprint density at radius 1 is 1.17 bits per heavy atom. The number of nitrogens with zero attached hydrogens (tertiary/aromatic N) is 3. The molecule has 0 atom stereocenters. The maximum absolute atomic E-state index is 13.7. The van der Waals surface area contributed by atoms with Gasteiger partial charge in [0, 0.05) is 31.3 Å². The first-order valence-electron chi connectivity index (χ1n) is 9.65. The van der Waals surface area contributed by atoms with Gasteiger partial charge in [0.15, 0.2) is 5.82 Å². The van der Waals surface area contributed by atoms with E-state index in [1.165, 1.54) is 35.5 Å². The number of nitriles is 1. The van der Waals surface area contributed by atoms with Gasteiger partial charge in [0.1, 0.15) is 17.4 Å². The molecule has 0 radical (unpaired) electrons. The highest BCUT2D eigenvalue weighted by molar-refractivity contribution is 5.88. The lowest BCUT2D eigenvalue weighted by molar-refractivity contribution is -0.125. The van der Waals surface area contributed by atoms with Gasteiger partial charge < -0.3 is 10.6 Å². The number of amides is 3. The largest absolute Gasteiger partial charge is 0.354 e. The Hall–Kier alpha value is -3.41. The van der Waals surface area contributed by atoms with Gasteiger partial charge in [-0.05, 0) is 25.0 Å². The molecule has 1 aliphatic rings. The molecule has 152 valence electrons. The van der Waals surface area contributed by atoms with Crippen LogP contribution in [0.3, 0.4) is 0 Å². The Balaban J connectivity index is 1.45. The molecule has 0 spiro atoms. The molecule has 1 aliphatic carbocycles. The molecule has 0 saturated heterocycles. The zero-order chi connectivity index (χ0) is 20.6. The highest BCUT2D eigenvalue weighted by atomic mass is 19.1. The summed E-state index contributed by atoms with van der Waals surface area (Å²) in [5.41, 5.74) is 0.159. The Morgan fingerprint density at radius 2 is 1.93 bits per heavy atom. The van der Waals surface area contributed by atoms with Crippen molar-refractivity contribution in [2.45, 2.75) is 32.1 Å². The quantitative estimate of drug-likeness (QED) is 0.650. The second kappa shape index (κ2) is 9.68. The van der Waals surface area contributed by atoms with E-state index in [-0.39, 0.29) is 35.4 Å². The number of urea groups is 1. The number of rotatable bonds is 6. The first-order valence-corrected chi connectivity index (χ1v) is 9.65. The molecule has 2 aromatic rings. The summed E-state index contributed by atoms with van der Waals surface area (Å²) in [5, 5.41) is 21.3. The molecule has 3 N–H and O–H groups in total. The predicted molar refractivity (Wildman–Crippen MR) is 105 cm³/mol. The highest BCUT2D eigenvalue weighted by Gasteiger charge is 2.20. The minimum atomic E-state index is -0.636. The van der Waals surface area contributed by atoms with E-state index in [0.29, 0.717) is 6.54 Å². The van der Waals surface area contributed by atoms with Gasteiger partial charge in [-0.15, -0.1) is 5.10 Å². The minimum Gasteiger partial charge on any atom is -0.354 e. The van der Waals surface area contributed by atoms with Crippen molar-refractivity contribution >= 4 is 17.8 Å². The van der Waals surface area contributed by atoms with Crippen molar-refractivity contribution in [2.75, 3.05) is 18.4 Å². The van der Waals surface area contributed by atoms with Crippen molar-refractivity contribution in [3.8, 4) is 11.8 Å². The van der Waals surface area contributed by atoms with Crippen LogP contribution >= 0.6 is 0 Å². The molecule has 8 nitrogen and oxygen atoms in total. The summed E-state index contributed by atoms with van der Waals surface area (Å²) in [6.45, 7) is 0.638. The molecule has 0 unspecified atom stereocenters. The van der Waals surface area contributed by atoms with E-state index in [1.807, 2.05) is 6.07 Å². The third-order valence-corrected chi connectivity index (χ3v) is 4.87. The fraction of sp³-hybridized carbons (Fsp3) is 0.400. The van der Waals surface area contributed by atoms with Gasteiger partial charge >= 0.3 is 6.03 Å². The minimum absolute atomic E-state index is 0.0500. The molecule has 1 heterocycles. The van der Waals surface area contributed by atoms with Crippen LogP contribution < -0.4 is 16.0 Å². The zero-order valence-corrected chi connectivity index (χ0v) is 15.9. The summed E-state index contributed by atoms with van der Waals surface area (Å²) in [6.07, 6.45) is 6.77. The van der Waals surface area contributed by atoms with Crippen LogP contribution in [0.4, 0.5) is 15.0 Å². The Morgan fingerprint density at radius 3 is 2.69 bits per heavy atom. The summed E-state index contributed by atoms with van der Waals surface area (Å²) >= 11 is 0. The Kier molecular flexibility index (Phi) is 6.79. The number of anilines is 1. The Bertz CT molecular complexity index is 914. The summed E-state index contributed by atoms with van der Waals surface area (Å²) in [4.78, 5) is 24.0. The first kappa shape index (κ1) is 20.3. The van der Waals surface area contributed by atoms with Crippen LogP contribution in [0.2, 0.25) is 0 Å². The molecule has 1 saturated carbocycles. The monoisotopic (exact) mass is 398 g/mol. The van der Waals surface area contributed by atoms with E-state index in [2.05, 4.69) is 21.0 Å². The van der Waals surface area contributed by atoms with Gasteiger partial charge in [-0.3, -0.25) is 10.1 Å². The number of hydrogen-bond acceptors (Lipinski definition) is 4. The molecule has 3 amide bonds. The molecule has 1 fully saturated rings. The van der Waals surface area contributed by atoms with Gasteiger partial charge in [-0.25, -0.2) is 13.9 Å². The summed E-state index contributed by atoms with van der Waals surface area (Å²) in [5.74, 6) is -0.248. The van der Waals surface area contributed by atoms with E-state index < -0.39 is 11.8 Å². The second-order valence-electron chi connectivity index (χ2n) is 6.90. The van der Waals surface area contributed by atoms with Crippen molar-refractivity contribution < 1.29 is 14.0 Å². The maximum Gasteiger partial charge on any atom is 0.320 e. The predicted octanol–water partition coefficient (Wildman–Crippen LogP) is 2.70. The number of benzene rings is 1. The van der Waals surface area contributed by atoms with E-state index in [9.17, 15) is 14.0 Å². The molecule has 1 aromatic carbocycles. The van der Waals surface area contributed by atoms with Crippen molar-refractivity contribution in [3.63, 3.8) is 0 Å². The molecule has 0 aliphatic heterocycles. The molecule has 9 heteroatoms. The van der Waals surface area contributed by atoms with Crippen molar-refractivity contribution in [1.82, 2.24) is 20.4 Å². The normalized spacial score (nSPS) is 14.1. The van der Waals surface area contributed by atoms with Crippen LogP contribution in [-0.4, -0.2) is 34.8 Å². The highest BCUT2D eigenvalue weighted by Crippen LogP contribution is 2.23. The number of hydrogen-bond donors (Lipinski definition) is 3. The van der Waals surface area contributed by atoms with Crippen molar-refractivity contribution in [2.24, 2.45) is 5.92 Å². The lowest BCUT2D eigenvalue weighted by atomic mass is 9.89. The average Bonchev–Trinajstić information content (AvgIpc) is 3.19. The lowest BCUT2D eigenvalue weighted by Crippen LogP contribution is -2.39. The smallest absolute Gasteiger partial charge is 0.320 e. The first-order chi connectivity index (χ1) is 14.1. The second-order valence-corrected chi connectivity index (χ2v) is 6.90. The van der Waals surface area contributed by atoms with Crippen LogP contribution in [-0.2, 0) is 4.79 Å². The molecular weight excluding hydrogens is 375 g/mol. The maximum atomic E-state index is 13.7. The van der Waals surface area contributed by atoms with Crippen LogP contribution in [0, 0.1) is 23.1 Å². The number of aromatic nitrogens is 2. The van der Waals surface area contributed by atoms with Crippen molar-refractivity contribution in [1.29, 1.82) is 5.26 Å². The summed E-state index contributed by atoms with van der Waals surface area (Å²) in [6, 6.07) is 7.12. The van der Waals surface area contributed by atoms with Gasteiger partial charge in [0.05, 0.1) is 5.69 Å². The van der Waals surface area contributed by atoms with Gasteiger partial charge in [0.2, 0.25) is 5.91 Å². The van der Waals surface area contributed by atoms with E-state index in [0.717, 1.165) is 25.7 Å². The fourth-order valence-electron chi connectivity index (χ4n) is 3.37. The van der Waals surface area contributed by atoms with Crippen LogP contribution in [0.5, 0.6) is 0 Å². The fourth-order valence-corrected chi connectivity index (χ4v) is 3.37. The van der Waals surface area contributed by atoms with Crippen LogP contribution in [0.15, 0.2) is 30.5 Å². The topological polar surface area (TPSA) is 112 Å². The van der Waals surface area contributed by atoms with E-state index in [1.54, 1.807) is 6.07 Å². The number of carbonyl (C=O) groups excluding carboxylic acids is 2. The van der Waals surface area contributed by atoms with Gasteiger partial charge in [0.25, 0.3) is 0 Å². The van der Waals surface area contributed by atoms with E-state index in [4.69, 9.17) is 5.26 Å². The van der Waals surface area contributed by atoms with Gasteiger partial charge in [-0.2, -0.15) is 5.26 Å². The number of carbonyl (C=O) groups is 2. The van der Waals surface area contributed by atoms with E-state index >= 15 is 0 Å². The molecule has 3 rings (SSSR count). The molecule has 29 heavy (non-hydrogen) atoms. The van der Waals surface area contributed by atoms with Crippen LogP contribution in [0.1, 0.15) is 37.7 Å². The molecular formula is C20H23FN6O2. The number of halogens is 1. The molecule has 0 bridgehead atoms. The SMILES string of the molecule is N#Cc1c(F)cccc1-n1ccc(NC(=O)NCCNC(=O)C2CCCCC2)n1. The van der Waals surface area contributed by atoms with Gasteiger partial charge in [-0.1, -0.05) is 25.3 Å².